The number of benzene rings is 2. The quantitative estimate of drug-likeness (QED) is 0.460. The summed E-state index contributed by atoms with van der Waals surface area (Å²) in [5.74, 6) is -0.290. The van der Waals surface area contributed by atoms with Crippen LogP contribution >= 0.6 is 0 Å². The van der Waals surface area contributed by atoms with Crippen LogP contribution in [0.2, 0.25) is 0 Å². The summed E-state index contributed by atoms with van der Waals surface area (Å²) in [6.07, 6.45) is 0.712. The van der Waals surface area contributed by atoms with E-state index in [0.717, 1.165) is 6.54 Å². The number of fused-ring (bicyclic) bond motifs is 2. The summed E-state index contributed by atoms with van der Waals surface area (Å²) in [4.78, 5) is 40.7. The number of hydrogen-bond donors (Lipinski definition) is 0. The molecule has 3 aromatic rings. The van der Waals surface area contributed by atoms with E-state index in [1.54, 1.807) is 41.3 Å². The zero-order valence-electron chi connectivity index (χ0n) is 16.7. The molecule has 1 aliphatic heterocycles. The van der Waals surface area contributed by atoms with Crippen molar-refractivity contribution < 1.29 is 14.1 Å². The molecule has 0 spiro atoms. The van der Waals surface area contributed by atoms with Gasteiger partial charge in [0, 0.05) is 18.7 Å². The number of carbonyl (C=O) groups excluding carboxylic acids is 1. The summed E-state index contributed by atoms with van der Waals surface area (Å²) < 4.78 is 5.86. The van der Waals surface area contributed by atoms with Gasteiger partial charge in [0.15, 0.2) is 5.43 Å². The fraction of sp³-hybridized carbons (Fsp3) is 0.273. The monoisotopic (exact) mass is 407 g/mol. The molecule has 2 aromatic carbocycles. The lowest BCUT2D eigenvalue weighted by Crippen LogP contribution is -2.32. The van der Waals surface area contributed by atoms with Crippen LogP contribution in [0, 0.1) is 10.1 Å². The summed E-state index contributed by atoms with van der Waals surface area (Å²) in [5.41, 5.74) is 0.997. The molecule has 1 aromatic heterocycles. The molecule has 0 N–H and O–H groups in total. The Morgan fingerprint density at radius 3 is 2.47 bits per heavy atom. The molecule has 1 unspecified atom stereocenters. The van der Waals surface area contributed by atoms with Crippen molar-refractivity contribution in [1.82, 2.24) is 9.80 Å². The van der Waals surface area contributed by atoms with Crippen molar-refractivity contribution in [2.75, 3.05) is 27.2 Å². The second-order valence-electron chi connectivity index (χ2n) is 7.58. The lowest BCUT2D eigenvalue weighted by atomic mass is 9.98. The molecule has 0 radical (unpaired) electrons. The van der Waals surface area contributed by atoms with Crippen molar-refractivity contribution in [2.24, 2.45) is 0 Å². The molecule has 0 saturated heterocycles. The predicted molar refractivity (Wildman–Crippen MR) is 112 cm³/mol. The maximum absolute atomic E-state index is 13.3. The Hall–Kier alpha value is -3.52. The van der Waals surface area contributed by atoms with Gasteiger partial charge in [-0.05, 0) is 56.9 Å². The predicted octanol–water partition coefficient (Wildman–Crippen LogP) is 3.20. The lowest BCUT2D eigenvalue weighted by Gasteiger charge is -2.25. The number of rotatable bonds is 6. The second-order valence-corrected chi connectivity index (χ2v) is 7.58. The summed E-state index contributed by atoms with van der Waals surface area (Å²) in [6, 6.07) is 12.2. The van der Waals surface area contributed by atoms with Gasteiger partial charge in [-0.3, -0.25) is 19.7 Å². The van der Waals surface area contributed by atoms with E-state index in [0.29, 0.717) is 29.5 Å². The Morgan fingerprint density at radius 2 is 1.80 bits per heavy atom. The van der Waals surface area contributed by atoms with Crippen molar-refractivity contribution in [3.8, 4) is 0 Å². The van der Waals surface area contributed by atoms with Gasteiger partial charge in [0.05, 0.1) is 21.9 Å². The normalized spacial score (nSPS) is 15.8. The van der Waals surface area contributed by atoms with Crippen LogP contribution in [0.5, 0.6) is 0 Å². The average Bonchev–Trinajstić information content (AvgIpc) is 3.00. The van der Waals surface area contributed by atoms with Crippen LogP contribution < -0.4 is 5.43 Å². The Kier molecular flexibility index (Phi) is 5.09. The number of nitro groups is 1. The molecule has 154 valence electrons. The number of carbonyl (C=O) groups is 1. The van der Waals surface area contributed by atoms with Crippen molar-refractivity contribution >= 4 is 22.6 Å². The van der Waals surface area contributed by atoms with E-state index in [1.165, 1.54) is 12.1 Å². The summed E-state index contributed by atoms with van der Waals surface area (Å²) in [5, 5.41) is 11.4. The number of nitro benzene ring substituents is 1. The van der Waals surface area contributed by atoms with Gasteiger partial charge < -0.3 is 14.2 Å². The number of para-hydroxylation sites is 1. The number of hydrogen-bond acceptors (Lipinski definition) is 6. The van der Waals surface area contributed by atoms with E-state index in [2.05, 4.69) is 0 Å². The Balaban J connectivity index is 1.85. The van der Waals surface area contributed by atoms with Crippen LogP contribution in [0.25, 0.3) is 11.0 Å². The van der Waals surface area contributed by atoms with Crippen LogP contribution in [0.15, 0.2) is 57.7 Å². The molecular weight excluding hydrogens is 386 g/mol. The van der Waals surface area contributed by atoms with Gasteiger partial charge in [0.1, 0.15) is 5.58 Å². The summed E-state index contributed by atoms with van der Waals surface area (Å²) in [7, 11) is 3.90. The highest BCUT2D eigenvalue weighted by Gasteiger charge is 2.42. The average molecular weight is 407 g/mol. The zero-order chi connectivity index (χ0) is 21.4. The zero-order valence-corrected chi connectivity index (χ0v) is 16.7. The van der Waals surface area contributed by atoms with Gasteiger partial charge in [-0.1, -0.05) is 12.1 Å². The Labute approximate surface area is 172 Å². The molecule has 0 bridgehead atoms. The van der Waals surface area contributed by atoms with Crippen LogP contribution in [-0.4, -0.2) is 47.8 Å². The minimum absolute atomic E-state index is 0.0481. The third-order valence-corrected chi connectivity index (χ3v) is 5.30. The minimum atomic E-state index is -0.642. The van der Waals surface area contributed by atoms with Crippen molar-refractivity contribution in [2.45, 2.75) is 12.5 Å². The maximum atomic E-state index is 13.3. The number of nitrogens with zero attached hydrogens (tertiary/aromatic N) is 3. The van der Waals surface area contributed by atoms with Crippen LogP contribution in [0.4, 0.5) is 5.69 Å². The molecule has 2 heterocycles. The first kappa shape index (κ1) is 19.8. The van der Waals surface area contributed by atoms with Crippen molar-refractivity contribution in [3.05, 3.63) is 85.8 Å². The molecule has 8 heteroatoms. The number of amides is 1. The van der Waals surface area contributed by atoms with Crippen LogP contribution in [0.1, 0.15) is 34.1 Å². The van der Waals surface area contributed by atoms with E-state index in [4.69, 9.17) is 4.42 Å². The highest BCUT2D eigenvalue weighted by Crippen LogP contribution is 2.38. The van der Waals surface area contributed by atoms with Gasteiger partial charge in [-0.25, -0.2) is 0 Å². The van der Waals surface area contributed by atoms with Gasteiger partial charge in [0.25, 0.3) is 11.6 Å². The fourth-order valence-corrected chi connectivity index (χ4v) is 3.88. The van der Waals surface area contributed by atoms with Gasteiger partial charge in [-0.15, -0.1) is 0 Å². The van der Waals surface area contributed by atoms with E-state index < -0.39 is 11.0 Å². The van der Waals surface area contributed by atoms with Gasteiger partial charge in [-0.2, -0.15) is 0 Å². The smallest absolute Gasteiger partial charge is 0.290 e. The Morgan fingerprint density at radius 1 is 1.10 bits per heavy atom. The molecule has 8 nitrogen and oxygen atoms in total. The molecule has 1 atom stereocenters. The van der Waals surface area contributed by atoms with Crippen LogP contribution in [0.3, 0.4) is 0 Å². The lowest BCUT2D eigenvalue weighted by molar-refractivity contribution is -0.384. The first-order valence-electron chi connectivity index (χ1n) is 9.64. The SMILES string of the molecule is CN(C)CCCN1C(=O)c2oc3ccccc3c(=O)c2C1c1ccc([N+](=O)[O-])cc1. The fourth-order valence-electron chi connectivity index (χ4n) is 3.88. The molecule has 0 saturated carbocycles. The van der Waals surface area contributed by atoms with Crippen LogP contribution in [-0.2, 0) is 0 Å². The molecular formula is C22H21N3O5. The third-order valence-electron chi connectivity index (χ3n) is 5.30. The van der Waals surface area contributed by atoms with Crippen molar-refractivity contribution in [1.29, 1.82) is 0 Å². The van der Waals surface area contributed by atoms with E-state index >= 15 is 0 Å². The van der Waals surface area contributed by atoms with Gasteiger partial charge in [0.2, 0.25) is 5.76 Å². The third kappa shape index (κ3) is 3.35. The minimum Gasteiger partial charge on any atom is -0.450 e. The van der Waals surface area contributed by atoms with E-state index in [-0.39, 0.29) is 28.3 Å². The first-order chi connectivity index (χ1) is 14.4. The standard InChI is InChI=1S/C22H21N3O5/c1-23(2)12-5-13-24-19(14-8-10-15(11-9-14)25(28)29)18-20(26)16-6-3-4-7-17(16)30-21(18)22(24)27/h3-4,6-11,19H,5,12-13H2,1-2H3. The largest absolute Gasteiger partial charge is 0.450 e. The highest BCUT2D eigenvalue weighted by molar-refractivity contribution is 5.99. The number of non-ortho nitro benzene ring substituents is 1. The summed E-state index contributed by atoms with van der Waals surface area (Å²) in [6.45, 7) is 1.20. The molecule has 4 rings (SSSR count). The Bertz CT molecular complexity index is 1180. The second kappa shape index (κ2) is 7.72. The van der Waals surface area contributed by atoms with Crippen molar-refractivity contribution in [3.63, 3.8) is 0 Å². The molecule has 0 fully saturated rings. The molecule has 0 aliphatic carbocycles. The first-order valence-corrected chi connectivity index (χ1v) is 9.64. The topological polar surface area (TPSA) is 96.9 Å². The van der Waals surface area contributed by atoms with Gasteiger partial charge >= 0.3 is 0 Å². The molecule has 30 heavy (non-hydrogen) atoms. The molecule has 1 amide bonds. The molecule has 1 aliphatic rings. The maximum Gasteiger partial charge on any atom is 0.290 e. The van der Waals surface area contributed by atoms with E-state index in [9.17, 15) is 19.7 Å². The van der Waals surface area contributed by atoms with E-state index in [1.807, 2.05) is 19.0 Å². The summed E-state index contributed by atoms with van der Waals surface area (Å²) >= 11 is 0. The highest BCUT2D eigenvalue weighted by atomic mass is 16.6.